The van der Waals surface area contributed by atoms with Crippen LogP contribution in [0.4, 0.5) is 0 Å². The molecule has 0 saturated carbocycles. The van der Waals surface area contributed by atoms with E-state index in [0.717, 1.165) is 31.4 Å². The van der Waals surface area contributed by atoms with Gasteiger partial charge >= 0.3 is 0 Å². The van der Waals surface area contributed by atoms with Crippen molar-refractivity contribution in [2.45, 2.75) is 71.9 Å². The number of ketones is 1. The highest BCUT2D eigenvalue weighted by Gasteiger charge is 2.15. The average Bonchev–Trinajstić information content (AvgIpc) is 2.85. The molecule has 0 amide bonds. The average molecular weight is 279 g/mol. The summed E-state index contributed by atoms with van der Waals surface area (Å²) in [4.78, 5) is 12.2. The van der Waals surface area contributed by atoms with Gasteiger partial charge in [0.05, 0.1) is 12.1 Å². The van der Waals surface area contributed by atoms with Gasteiger partial charge in [0, 0.05) is 24.2 Å². The zero-order chi connectivity index (χ0) is 15.1. The highest BCUT2D eigenvalue weighted by molar-refractivity contribution is 5.82. The van der Waals surface area contributed by atoms with Crippen molar-refractivity contribution >= 4 is 5.78 Å². The lowest BCUT2D eigenvalue weighted by Crippen LogP contribution is -2.17. The van der Waals surface area contributed by atoms with E-state index in [1.165, 1.54) is 0 Å². The summed E-state index contributed by atoms with van der Waals surface area (Å²) in [5.74, 6) is 0.381. The fourth-order valence-electron chi connectivity index (χ4n) is 2.16. The fraction of sp³-hybridized carbons (Fsp3) is 0.750. The van der Waals surface area contributed by atoms with Crippen LogP contribution in [0.2, 0.25) is 0 Å². The molecule has 0 fully saturated rings. The van der Waals surface area contributed by atoms with Crippen molar-refractivity contribution in [2.75, 3.05) is 0 Å². The van der Waals surface area contributed by atoms with Gasteiger partial charge in [-0.15, -0.1) is 0 Å². The molecule has 0 aliphatic heterocycles. The Morgan fingerprint density at radius 3 is 2.65 bits per heavy atom. The summed E-state index contributed by atoms with van der Waals surface area (Å²) in [7, 11) is 0. The van der Waals surface area contributed by atoms with Crippen molar-refractivity contribution in [3.8, 4) is 0 Å². The molecule has 0 aliphatic rings. The third-order valence-electron chi connectivity index (χ3n) is 3.91. The molecule has 114 valence electrons. The van der Waals surface area contributed by atoms with Crippen LogP contribution in [0.15, 0.2) is 12.3 Å². The Morgan fingerprint density at radius 2 is 2.05 bits per heavy atom. The van der Waals surface area contributed by atoms with Gasteiger partial charge in [0.15, 0.2) is 0 Å². The lowest BCUT2D eigenvalue weighted by Gasteiger charge is -2.11. The normalized spacial score (nSPS) is 15.8. The first-order chi connectivity index (χ1) is 9.43. The van der Waals surface area contributed by atoms with E-state index in [4.69, 9.17) is 5.73 Å². The van der Waals surface area contributed by atoms with Crippen LogP contribution >= 0.6 is 0 Å². The van der Waals surface area contributed by atoms with Crippen molar-refractivity contribution in [1.29, 1.82) is 0 Å². The first-order valence-electron chi connectivity index (χ1n) is 7.76. The van der Waals surface area contributed by atoms with Crippen LogP contribution < -0.4 is 5.73 Å². The van der Waals surface area contributed by atoms with Crippen LogP contribution in [0.5, 0.6) is 0 Å². The number of Topliss-reactive ketones (excluding diaryl/α,β-unsaturated/α-hetero) is 1. The molecule has 0 aromatic carbocycles. The Kier molecular flexibility index (Phi) is 6.93. The molecule has 0 radical (unpaired) electrons. The van der Waals surface area contributed by atoms with E-state index in [1.54, 1.807) is 0 Å². The Labute approximate surface area is 122 Å². The van der Waals surface area contributed by atoms with E-state index >= 15 is 0 Å². The standard InChI is InChI=1S/C16H29N3O/c1-5-14(4)19-10-9-15(18-19)11-16(20)12(2)7-6-8-13(3)17/h9-10,12-14H,5-8,11,17H2,1-4H3. The van der Waals surface area contributed by atoms with Crippen molar-refractivity contribution < 1.29 is 4.79 Å². The van der Waals surface area contributed by atoms with E-state index in [0.29, 0.717) is 12.5 Å². The van der Waals surface area contributed by atoms with Crippen LogP contribution in [0.25, 0.3) is 0 Å². The second kappa shape index (κ2) is 8.20. The molecule has 0 bridgehead atoms. The number of rotatable bonds is 9. The zero-order valence-electron chi connectivity index (χ0n) is 13.3. The van der Waals surface area contributed by atoms with Gasteiger partial charge in [-0.05, 0) is 39.2 Å². The predicted octanol–water partition coefficient (Wildman–Crippen LogP) is 3.12. The largest absolute Gasteiger partial charge is 0.328 e. The molecule has 2 N–H and O–H groups in total. The number of hydrogen-bond donors (Lipinski definition) is 1. The molecule has 20 heavy (non-hydrogen) atoms. The third kappa shape index (κ3) is 5.45. The van der Waals surface area contributed by atoms with Crippen molar-refractivity contribution in [2.24, 2.45) is 11.7 Å². The Balaban J connectivity index is 2.43. The summed E-state index contributed by atoms with van der Waals surface area (Å²) < 4.78 is 1.95. The molecule has 0 spiro atoms. The molecule has 1 heterocycles. The van der Waals surface area contributed by atoms with Crippen LogP contribution in [0, 0.1) is 5.92 Å². The van der Waals surface area contributed by atoms with Gasteiger partial charge in [-0.2, -0.15) is 5.10 Å². The number of nitrogens with zero attached hydrogens (tertiary/aromatic N) is 2. The maximum atomic E-state index is 12.2. The first kappa shape index (κ1) is 16.9. The number of nitrogens with two attached hydrogens (primary N) is 1. The fourth-order valence-corrected chi connectivity index (χ4v) is 2.16. The minimum atomic E-state index is 0.0995. The van der Waals surface area contributed by atoms with Gasteiger partial charge < -0.3 is 5.73 Å². The minimum Gasteiger partial charge on any atom is -0.328 e. The van der Waals surface area contributed by atoms with Crippen LogP contribution in [0.1, 0.15) is 65.1 Å². The van der Waals surface area contributed by atoms with E-state index in [9.17, 15) is 4.79 Å². The quantitative estimate of drug-likeness (QED) is 0.755. The number of carbonyl (C=O) groups excluding carboxylic acids is 1. The van der Waals surface area contributed by atoms with Crippen LogP contribution in [-0.2, 0) is 11.2 Å². The highest BCUT2D eigenvalue weighted by atomic mass is 16.1. The lowest BCUT2D eigenvalue weighted by atomic mass is 9.95. The molecule has 4 nitrogen and oxygen atoms in total. The van der Waals surface area contributed by atoms with Crippen molar-refractivity contribution in [3.05, 3.63) is 18.0 Å². The molecule has 3 atom stereocenters. The minimum absolute atomic E-state index is 0.0995. The number of aromatic nitrogens is 2. The van der Waals surface area contributed by atoms with Crippen molar-refractivity contribution in [1.82, 2.24) is 9.78 Å². The van der Waals surface area contributed by atoms with Gasteiger partial charge in [0.1, 0.15) is 5.78 Å². The molecule has 1 aromatic rings. The van der Waals surface area contributed by atoms with Gasteiger partial charge in [-0.25, -0.2) is 0 Å². The summed E-state index contributed by atoms with van der Waals surface area (Å²) in [6, 6.07) is 2.57. The number of carbonyl (C=O) groups is 1. The Morgan fingerprint density at radius 1 is 1.35 bits per heavy atom. The monoisotopic (exact) mass is 279 g/mol. The van der Waals surface area contributed by atoms with Gasteiger partial charge in [0.25, 0.3) is 0 Å². The molecule has 1 aromatic heterocycles. The third-order valence-corrected chi connectivity index (χ3v) is 3.91. The second-order valence-electron chi connectivity index (χ2n) is 6.00. The molecule has 1 rings (SSSR count). The molecular weight excluding hydrogens is 250 g/mol. The van der Waals surface area contributed by atoms with Crippen LogP contribution in [-0.4, -0.2) is 21.6 Å². The van der Waals surface area contributed by atoms with Crippen LogP contribution in [0.3, 0.4) is 0 Å². The zero-order valence-corrected chi connectivity index (χ0v) is 13.3. The van der Waals surface area contributed by atoms with Crippen molar-refractivity contribution in [3.63, 3.8) is 0 Å². The topological polar surface area (TPSA) is 60.9 Å². The van der Waals surface area contributed by atoms with E-state index in [-0.39, 0.29) is 17.7 Å². The van der Waals surface area contributed by atoms with E-state index in [1.807, 2.05) is 30.8 Å². The Hall–Kier alpha value is -1.16. The molecule has 4 heteroatoms. The number of hydrogen-bond acceptors (Lipinski definition) is 3. The predicted molar refractivity (Wildman–Crippen MR) is 82.6 cm³/mol. The SMILES string of the molecule is CCC(C)n1ccc(CC(=O)C(C)CCCC(C)N)n1. The summed E-state index contributed by atoms with van der Waals surface area (Å²) >= 11 is 0. The molecular formula is C16H29N3O. The van der Waals surface area contributed by atoms with E-state index < -0.39 is 0 Å². The highest BCUT2D eigenvalue weighted by Crippen LogP contribution is 2.14. The maximum absolute atomic E-state index is 12.2. The summed E-state index contributed by atoms with van der Waals surface area (Å²) in [6.07, 6.45) is 6.39. The van der Waals surface area contributed by atoms with Gasteiger partial charge in [-0.1, -0.05) is 20.3 Å². The van der Waals surface area contributed by atoms with Gasteiger partial charge in [0.2, 0.25) is 0 Å². The second-order valence-corrected chi connectivity index (χ2v) is 6.00. The summed E-state index contributed by atoms with van der Waals surface area (Å²) in [5, 5.41) is 4.49. The lowest BCUT2D eigenvalue weighted by molar-refractivity contribution is -0.122. The first-order valence-corrected chi connectivity index (χ1v) is 7.76. The molecule has 0 saturated heterocycles. The molecule has 0 aliphatic carbocycles. The smallest absolute Gasteiger partial charge is 0.141 e. The summed E-state index contributed by atoms with van der Waals surface area (Å²) in [6.45, 7) is 8.29. The summed E-state index contributed by atoms with van der Waals surface area (Å²) in [5.41, 5.74) is 6.61. The van der Waals surface area contributed by atoms with Gasteiger partial charge in [-0.3, -0.25) is 9.48 Å². The maximum Gasteiger partial charge on any atom is 0.141 e. The van der Waals surface area contributed by atoms with E-state index in [2.05, 4.69) is 18.9 Å². The Bertz CT molecular complexity index is 412. The molecule has 3 unspecified atom stereocenters.